The number of rotatable bonds is 12. The first-order valence-corrected chi connectivity index (χ1v) is 13.8. The number of anilines is 1. The van der Waals surface area contributed by atoms with Gasteiger partial charge in [0, 0.05) is 37.5 Å². The standard InChI is InChI=1S/C30H31ClN4O3S/c1-35(19-22-7-5-4-6-8-22)28-18-27(31)33-30(34-28)39-20-23-9-12-24(13-10-23)29(36)32-16-15-21-11-14-25(37-2)26(17-21)38-3/h4-14,17-18H,15-16,19-20H2,1-3H3,(H,32,36). The molecule has 0 saturated heterocycles. The van der Waals surface area contributed by atoms with Gasteiger partial charge in [0.25, 0.3) is 5.91 Å². The molecule has 0 unspecified atom stereocenters. The van der Waals surface area contributed by atoms with Gasteiger partial charge in [0.05, 0.1) is 14.2 Å². The van der Waals surface area contributed by atoms with Crippen molar-refractivity contribution >= 4 is 35.1 Å². The largest absolute Gasteiger partial charge is 0.493 e. The van der Waals surface area contributed by atoms with Crippen LogP contribution in [0.5, 0.6) is 11.5 Å². The predicted molar refractivity (Wildman–Crippen MR) is 157 cm³/mol. The highest BCUT2D eigenvalue weighted by atomic mass is 35.5. The van der Waals surface area contributed by atoms with Crippen molar-refractivity contribution in [1.82, 2.24) is 15.3 Å². The van der Waals surface area contributed by atoms with E-state index in [4.69, 9.17) is 21.1 Å². The van der Waals surface area contributed by atoms with Crippen molar-refractivity contribution in [3.8, 4) is 11.5 Å². The second-order valence-electron chi connectivity index (χ2n) is 8.85. The summed E-state index contributed by atoms with van der Waals surface area (Å²) in [4.78, 5) is 23.7. The van der Waals surface area contributed by atoms with E-state index in [2.05, 4.69) is 27.4 Å². The number of carbonyl (C=O) groups excluding carboxylic acids is 1. The molecule has 0 atom stereocenters. The molecule has 7 nitrogen and oxygen atoms in total. The number of hydrogen-bond donors (Lipinski definition) is 1. The summed E-state index contributed by atoms with van der Waals surface area (Å²) in [6, 6.07) is 25.3. The van der Waals surface area contributed by atoms with Crippen molar-refractivity contribution in [2.24, 2.45) is 0 Å². The van der Waals surface area contributed by atoms with Gasteiger partial charge in [-0.05, 0) is 47.4 Å². The second kappa shape index (κ2) is 13.9. The minimum absolute atomic E-state index is 0.112. The van der Waals surface area contributed by atoms with E-state index in [-0.39, 0.29) is 5.91 Å². The molecule has 1 amide bonds. The zero-order valence-electron chi connectivity index (χ0n) is 22.2. The van der Waals surface area contributed by atoms with Gasteiger partial charge in [0.2, 0.25) is 0 Å². The molecule has 0 fully saturated rings. The van der Waals surface area contributed by atoms with Crippen LogP contribution in [0.1, 0.15) is 27.0 Å². The van der Waals surface area contributed by atoms with Crippen LogP contribution in [0.2, 0.25) is 5.15 Å². The minimum Gasteiger partial charge on any atom is -0.493 e. The summed E-state index contributed by atoms with van der Waals surface area (Å²) in [6.07, 6.45) is 0.684. The summed E-state index contributed by atoms with van der Waals surface area (Å²) in [5.41, 5.74) is 3.91. The van der Waals surface area contributed by atoms with Gasteiger partial charge >= 0.3 is 0 Å². The fourth-order valence-corrected chi connectivity index (χ4v) is 4.98. The smallest absolute Gasteiger partial charge is 0.251 e. The fourth-order valence-electron chi connectivity index (χ4n) is 3.94. The summed E-state index contributed by atoms with van der Waals surface area (Å²) in [5, 5.41) is 3.99. The Kier molecular flexibility index (Phi) is 10.1. The number of benzene rings is 3. The molecule has 3 aromatic carbocycles. The van der Waals surface area contributed by atoms with E-state index in [1.54, 1.807) is 20.3 Å². The lowest BCUT2D eigenvalue weighted by molar-refractivity contribution is 0.0954. The van der Waals surface area contributed by atoms with E-state index in [0.29, 0.717) is 46.1 Å². The number of methoxy groups -OCH3 is 2. The molecule has 0 radical (unpaired) electrons. The van der Waals surface area contributed by atoms with Crippen LogP contribution in [0.25, 0.3) is 0 Å². The van der Waals surface area contributed by atoms with Crippen molar-refractivity contribution in [2.75, 3.05) is 32.7 Å². The van der Waals surface area contributed by atoms with Crippen LogP contribution >= 0.6 is 23.4 Å². The van der Waals surface area contributed by atoms with Crippen molar-refractivity contribution < 1.29 is 14.3 Å². The monoisotopic (exact) mass is 562 g/mol. The number of thioether (sulfide) groups is 1. The minimum atomic E-state index is -0.112. The first-order chi connectivity index (χ1) is 18.9. The maximum absolute atomic E-state index is 12.6. The quantitative estimate of drug-likeness (QED) is 0.128. The Morgan fingerprint density at radius 2 is 1.62 bits per heavy atom. The second-order valence-corrected chi connectivity index (χ2v) is 10.2. The van der Waals surface area contributed by atoms with Crippen LogP contribution in [0.4, 0.5) is 5.82 Å². The topological polar surface area (TPSA) is 76.6 Å². The Hall–Kier alpha value is -3.75. The summed E-state index contributed by atoms with van der Waals surface area (Å²) in [5.74, 6) is 2.67. The number of ether oxygens (including phenoxy) is 2. The van der Waals surface area contributed by atoms with Gasteiger partial charge in [-0.1, -0.05) is 71.9 Å². The van der Waals surface area contributed by atoms with Crippen molar-refractivity contribution in [3.05, 3.63) is 106 Å². The molecule has 4 aromatic rings. The number of hydrogen-bond acceptors (Lipinski definition) is 7. The Balaban J connectivity index is 1.28. The van der Waals surface area contributed by atoms with Gasteiger partial charge < -0.3 is 19.7 Å². The molecular weight excluding hydrogens is 532 g/mol. The summed E-state index contributed by atoms with van der Waals surface area (Å²) >= 11 is 7.80. The lowest BCUT2D eigenvalue weighted by Gasteiger charge is -2.19. The third-order valence-electron chi connectivity index (χ3n) is 6.05. The normalized spacial score (nSPS) is 10.7. The number of halogens is 1. The molecule has 9 heteroatoms. The Bertz CT molecular complexity index is 1390. The van der Waals surface area contributed by atoms with E-state index in [1.165, 1.54) is 17.3 Å². The molecule has 0 bridgehead atoms. The third-order valence-corrected chi connectivity index (χ3v) is 7.16. The summed E-state index contributed by atoms with van der Waals surface area (Å²) < 4.78 is 10.6. The highest BCUT2D eigenvalue weighted by Crippen LogP contribution is 2.28. The number of aromatic nitrogens is 2. The van der Waals surface area contributed by atoms with Crippen LogP contribution in [-0.2, 0) is 18.7 Å². The summed E-state index contributed by atoms with van der Waals surface area (Å²) in [7, 11) is 5.20. The lowest BCUT2D eigenvalue weighted by atomic mass is 10.1. The van der Waals surface area contributed by atoms with E-state index in [0.717, 1.165) is 23.5 Å². The van der Waals surface area contributed by atoms with Crippen LogP contribution in [-0.4, -0.2) is 43.7 Å². The third kappa shape index (κ3) is 8.12. The average Bonchev–Trinajstić information content (AvgIpc) is 2.96. The Labute approximate surface area is 238 Å². The molecule has 0 saturated carbocycles. The van der Waals surface area contributed by atoms with Crippen LogP contribution in [0.3, 0.4) is 0 Å². The van der Waals surface area contributed by atoms with E-state index >= 15 is 0 Å². The maximum atomic E-state index is 12.6. The highest BCUT2D eigenvalue weighted by molar-refractivity contribution is 7.98. The average molecular weight is 563 g/mol. The zero-order valence-corrected chi connectivity index (χ0v) is 23.8. The van der Waals surface area contributed by atoms with E-state index < -0.39 is 0 Å². The number of nitrogens with one attached hydrogen (secondary N) is 1. The molecule has 4 rings (SSSR count). The maximum Gasteiger partial charge on any atom is 0.251 e. The molecular formula is C30H31ClN4O3S. The van der Waals surface area contributed by atoms with Crippen LogP contribution in [0.15, 0.2) is 84.0 Å². The molecule has 0 spiro atoms. The number of amides is 1. The molecule has 202 valence electrons. The van der Waals surface area contributed by atoms with Crippen molar-refractivity contribution in [3.63, 3.8) is 0 Å². The molecule has 1 aromatic heterocycles. The van der Waals surface area contributed by atoms with Crippen LogP contribution < -0.4 is 19.7 Å². The number of nitrogens with zero attached hydrogens (tertiary/aromatic N) is 3. The molecule has 0 aliphatic carbocycles. The van der Waals surface area contributed by atoms with Gasteiger partial charge in [-0.15, -0.1) is 0 Å². The van der Waals surface area contributed by atoms with Crippen molar-refractivity contribution in [2.45, 2.75) is 23.9 Å². The lowest BCUT2D eigenvalue weighted by Crippen LogP contribution is -2.25. The van der Waals surface area contributed by atoms with Gasteiger partial charge in [0.15, 0.2) is 16.7 Å². The molecule has 39 heavy (non-hydrogen) atoms. The zero-order chi connectivity index (χ0) is 27.6. The fraction of sp³-hybridized carbons (Fsp3) is 0.233. The van der Waals surface area contributed by atoms with E-state index in [1.807, 2.05) is 72.6 Å². The SMILES string of the molecule is COc1ccc(CCNC(=O)c2ccc(CSc3nc(Cl)cc(N(C)Cc4ccccc4)n3)cc2)cc1OC. The summed E-state index contributed by atoms with van der Waals surface area (Å²) in [6.45, 7) is 1.23. The van der Waals surface area contributed by atoms with Crippen LogP contribution in [0, 0.1) is 0 Å². The number of carbonyl (C=O) groups is 1. The molecule has 0 aliphatic rings. The first-order valence-electron chi connectivity index (χ1n) is 12.5. The first kappa shape index (κ1) is 28.3. The predicted octanol–water partition coefficient (Wildman–Crippen LogP) is 6.05. The van der Waals surface area contributed by atoms with E-state index in [9.17, 15) is 4.79 Å². The Morgan fingerprint density at radius 1 is 0.897 bits per heavy atom. The highest BCUT2D eigenvalue weighted by Gasteiger charge is 2.11. The van der Waals surface area contributed by atoms with Crippen molar-refractivity contribution in [1.29, 1.82) is 0 Å². The van der Waals surface area contributed by atoms with Gasteiger partial charge in [-0.25, -0.2) is 9.97 Å². The van der Waals surface area contributed by atoms with Gasteiger partial charge in [0.1, 0.15) is 11.0 Å². The molecule has 1 heterocycles. The van der Waals surface area contributed by atoms with Gasteiger partial charge in [-0.2, -0.15) is 0 Å². The molecule has 0 aliphatic heterocycles. The molecule has 1 N–H and O–H groups in total. The Morgan fingerprint density at radius 3 is 2.33 bits per heavy atom. The van der Waals surface area contributed by atoms with Gasteiger partial charge in [-0.3, -0.25) is 4.79 Å².